The summed E-state index contributed by atoms with van der Waals surface area (Å²) in [6.07, 6.45) is 2.16. The van der Waals surface area contributed by atoms with Crippen LogP contribution in [0, 0.1) is 12.7 Å². The number of nitrogens with zero attached hydrogens (tertiary/aromatic N) is 3. The maximum atomic E-state index is 13.1. The highest BCUT2D eigenvalue weighted by atomic mass is 32.1. The lowest BCUT2D eigenvalue weighted by Crippen LogP contribution is -2.34. The van der Waals surface area contributed by atoms with Crippen molar-refractivity contribution in [2.75, 3.05) is 13.1 Å². The average Bonchev–Trinajstić information content (AvgIpc) is 3.26. The fourth-order valence-corrected chi connectivity index (χ4v) is 4.09. The number of hydrogen-bond acceptors (Lipinski definition) is 5. The molecule has 130 valence electrons. The molecule has 0 aliphatic carbocycles. The highest BCUT2D eigenvalue weighted by Crippen LogP contribution is 2.31. The van der Waals surface area contributed by atoms with E-state index in [1.165, 1.54) is 17.0 Å². The Kier molecular flexibility index (Phi) is 4.63. The van der Waals surface area contributed by atoms with Crippen LogP contribution in [0.2, 0.25) is 0 Å². The minimum atomic E-state index is -0.192. The van der Waals surface area contributed by atoms with Gasteiger partial charge in [0.25, 0.3) is 5.89 Å². The van der Waals surface area contributed by atoms with Crippen LogP contribution in [0.3, 0.4) is 0 Å². The van der Waals surface area contributed by atoms with E-state index in [2.05, 4.69) is 28.1 Å². The largest absolute Gasteiger partial charge is 0.420 e. The second-order valence-corrected chi connectivity index (χ2v) is 7.84. The van der Waals surface area contributed by atoms with Gasteiger partial charge in [0, 0.05) is 18.0 Å². The van der Waals surface area contributed by atoms with E-state index in [-0.39, 0.29) is 11.7 Å². The predicted octanol–water partition coefficient (Wildman–Crippen LogP) is 4.63. The summed E-state index contributed by atoms with van der Waals surface area (Å²) >= 11 is 1.67. The number of benzene rings is 1. The fourth-order valence-electron chi connectivity index (χ4n) is 3.30. The zero-order valence-corrected chi connectivity index (χ0v) is 14.9. The number of aryl methyl sites for hydroxylation is 1. The van der Waals surface area contributed by atoms with Crippen LogP contribution in [0.1, 0.15) is 35.1 Å². The Morgan fingerprint density at radius 3 is 2.80 bits per heavy atom. The molecule has 0 amide bonds. The molecular weight excluding hydrogens is 337 g/mol. The van der Waals surface area contributed by atoms with Gasteiger partial charge in [-0.15, -0.1) is 21.5 Å². The van der Waals surface area contributed by atoms with E-state index in [0.717, 1.165) is 48.8 Å². The monoisotopic (exact) mass is 357 g/mol. The van der Waals surface area contributed by atoms with Crippen LogP contribution in [0.4, 0.5) is 4.39 Å². The van der Waals surface area contributed by atoms with Gasteiger partial charge in [-0.3, -0.25) is 4.90 Å². The molecule has 4 nitrogen and oxygen atoms in total. The molecule has 0 spiro atoms. The quantitative estimate of drug-likeness (QED) is 0.683. The Bertz CT molecular complexity index is 842. The summed E-state index contributed by atoms with van der Waals surface area (Å²) in [4.78, 5) is 4.63. The predicted molar refractivity (Wildman–Crippen MR) is 96.0 cm³/mol. The molecule has 0 N–H and O–H groups in total. The number of aromatic nitrogens is 2. The molecule has 1 aromatic carbocycles. The topological polar surface area (TPSA) is 42.2 Å². The zero-order chi connectivity index (χ0) is 17.2. The Morgan fingerprint density at radius 2 is 2.04 bits per heavy atom. The van der Waals surface area contributed by atoms with Crippen LogP contribution in [0.25, 0.3) is 10.8 Å². The summed E-state index contributed by atoms with van der Waals surface area (Å²) in [5.41, 5.74) is 1.13. The molecule has 6 heteroatoms. The standard InChI is InChI=1S/C19H20FN3OS/c1-13-4-9-17(25-13)19-22-21-18(24-19)15-3-2-10-23(12-15)11-14-5-7-16(20)8-6-14/h4-9,15H,2-3,10-12H2,1H3/t15-/m0/s1. The van der Waals surface area contributed by atoms with E-state index in [4.69, 9.17) is 4.42 Å². The third-order valence-electron chi connectivity index (χ3n) is 4.57. The van der Waals surface area contributed by atoms with Crippen molar-refractivity contribution < 1.29 is 8.81 Å². The van der Waals surface area contributed by atoms with Crippen LogP contribution in [-0.4, -0.2) is 28.2 Å². The van der Waals surface area contributed by atoms with Gasteiger partial charge in [-0.25, -0.2) is 4.39 Å². The molecular formula is C19H20FN3OS. The van der Waals surface area contributed by atoms with Gasteiger partial charge in [-0.05, 0) is 56.1 Å². The SMILES string of the molecule is Cc1ccc(-c2nnc([C@H]3CCCN(Cc4ccc(F)cc4)C3)o2)s1. The van der Waals surface area contributed by atoms with Crippen LogP contribution in [-0.2, 0) is 6.54 Å². The lowest BCUT2D eigenvalue weighted by atomic mass is 9.97. The maximum Gasteiger partial charge on any atom is 0.257 e. The Labute approximate surface area is 150 Å². The van der Waals surface area contributed by atoms with Gasteiger partial charge in [-0.1, -0.05) is 12.1 Å². The van der Waals surface area contributed by atoms with Crippen molar-refractivity contribution in [1.82, 2.24) is 15.1 Å². The molecule has 1 saturated heterocycles. The number of thiophene rings is 1. The summed E-state index contributed by atoms with van der Waals surface area (Å²) < 4.78 is 19.0. The van der Waals surface area contributed by atoms with Crippen molar-refractivity contribution >= 4 is 11.3 Å². The van der Waals surface area contributed by atoms with E-state index >= 15 is 0 Å². The molecule has 25 heavy (non-hydrogen) atoms. The van der Waals surface area contributed by atoms with Crippen LogP contribution in [0.5, 0.6) is 0 Å². The van der Waals surface area contributed by atoms with Gasteiger partial charge in [0.1, 0.15) is 5.82 Å². The van der Waals surface area contributed by atoms with Crippen molar-refractivity contribution in [2.45, 2.75) is 32.2 Å². The lowest BCUT2D eigenvalue weighted by molar-refractivity contribution is 0.186. The molecule has 3 heterocycles. The second kappa shape index (κ2) is 7.06. The highest BCUT2D eigenvalue weighted by molar-refractivity contribution is 7.15. The molecule has 3 aromatic rings. The van der Waals surface area contributed by atoms with Crippen LogP contribution >= 0.6 is 11.3 Å². The van der Waals surface area contributed by atoms with E-state index in [1.54, 1.807) is 11.3 Å². The summed E-state index contributed by atoms with van der Waals surface area (Å²) in [5, 5.41) is 8.52. The van der Waals surface area contributed by atoms with E-state index < -0.39 is 0 Å². The fraction of sp³-hybridized carbons (Fsp3) is 0.368. The zero-order valence-electron chi connectivity index (χ0n) is 14.1. The molecule has 4 rings (SSSR count). The first kappa shape index (κ1) is 16.4. The van der Waals surface area contributed by atoms with Gasteiger partial charge < -0.3 is 4.42 Å². The van der Waals surface area contributed by atoms with Crippen LogP contribution in [0.15, 0.2) is 40.8 Å². The van der Waals surface area contributed by atoms with Gasteiger partial charge in [0.2, 0.25) is 5.89 Å². The average molecular weight is 357 g/mol. The summed E-state index contributed by atoms with van der Waals surface area (Å²) in [5.74, 6) is 1.41. The number of piperidine rings is 1. The molecule has 1 aliphatic rings. The van der Waals surface area contributed by atoms with Crippen molar-refractivity contribution in [3.05, 3.63) is 58.5 Å². The Balaban J connectivity index is 1.44. The van der Waals surface area contributed by atoms with Crippen molar-refractivity contribution in [3.63, 3.8) is 0 Å². The Morgan fingerprint density at radius 1 is 1.20 bits per heavy atom. The smallest absolute Gasteiger partial charge is 0.257 e. The van der Waals surface area contributed by atoms with Crippen molar-refractivity contribution in [1.29, 1.82) is 0 Å². The van der Waals surface area contributed by atoms with Crippen molar-refractivity contribution in [2.24, 2.45) is 0 Å². The lowest BCUT2D eigenvalue weighted by Gasteiger charge is -2.31. The first-order chi connectivity index (χ1) is 12.2. The first-order valence-corrected chi connectivity index (χ1v) is 9.36. The number of rotatable bonds is 4. The molecule has 2 aromatic heterocycles. The summed E-state index contributed by atoms with van der Waals surface area (Å²) in [6.45, 7) is 4.82. The normalized spacial score (nSPS) is 18.6. The molecule has 0 unspecified atom stereocenters. The number of halogens is 1. The Hall–Kier alpha value is -2.05. The van der Waals surface area contributed by atoms with Crippen molar-refractivity contribution in [3.8, 4) is 10.8 Å². The second-order valence-electron chi connectivity index (χ2n) is 6.56. The molecule has 1 fully saturated rings. The third kappa shape index (κ3) is 3.80. The molecule has 0 bridgehead atoms. The summed E-state index contributed by atoms with van der Waals surface area (Å²) in [6, 6.07) is 10.8. The third-order valence-corrected chi connectivity index (χ3v) is 5.55. The van der Waals surface area contributed by atoms with Gasteiger partial charge in [0.15, 0.2) is 0 Å². The van der Waals surface area contributed by atoms with Gasteiger partial charge in [-0.2, -0.15) is 0 Å². The minimum Gasteiger partial charge on any atom is -0.420 e. The molecule has 0 saturated carbocycles. The van der Waals surface area contributed by atoms with Gasteiger partial charge in [0.05, 0.1) is 10.8 Å². The molecule has 1 atom stereocenters. The highest BCUT2D eigenvalue weighted by Gasteiger charge is 2.26. The van der Waals surface area contributed by atoms with E-state index in [0.29, 0.717) is 5.89 Å². The molecule has 1 aliphatic heterocycles. The first-order valence-electron chi connectivity index (χ1n) is 8.54. The van der Waals surface area contributed by atoms with Gasteiger partial charge >= 0.3 is 0 Å². The van der Waals surface area contributed by atoms with E-state index in [9.17, 15) is 4.39 Å². The maximum absolute atomic E-state index is 13.1. The number of hydrogen-bond donors (Lipinski definition) is 0. The summed E-state index contributed by atoms with van der Waals surface area (Å²) in [7, 11) is 0. The molecule has 0 radical (unpaired) electrons. The van der Waals surface area contributed by atoms with E-state index in [1.807, 2.05) is 18.2 Å². The number of likely N-dealkylation sites (tertiary alicyclic amines) is 1. The van der Waals surface area contributed by atoms with Crippen LogP contribution < -0.4 is 0 Å². The minimum absolute atomic E-state index is 0.192.